The number of anilines is 2. The summed E-state index contributed by atoms with van der Waals surface area (Å²) in [4.78, 5) is 12.8. The molecule has 0 aromatic carbocycles. The highest BCUT2D eigenvalue weighted by Gasteiger charge is 2.28. The quantitative estimate of drug-likeness (QED) is 0.838. The summed E-state index contributed by atoms with van der Waals surface area (Å²) in [5.41, 5.74) is 5.92. The topological polar surface area (TPSA) is 76.7 Å². The fourth-order valence-electron chi connectivity index (χ4n) is 1.52. The standard InChI is InChI=1S/C13H23N5/c1-8(2)13(3,4)7-15-12-17-10(9-5-6-9)16-11(14)18-12/h8-9H,5-7H2,1-4H3,(H3,14,15,16,17,18). The van der Waals surface area contributed by atoms with Crippen molar-refractivity contribution < 1.29 is 0 Å². The number of nitrogens with one attached hydrogen (secondary N) is 1. The number of hydrogen-bond donors (Lipinski definition) is 2. The Hall–Kier alpha value is -1.39. The lowest BCUT2D eigenvalue weighted by atomic mass is 9.81. The Morgan fingerprint density at radius 1 is 1.28 bits per heavy atom. The minimum absolute atomic E-state index is 0.196. The first-order valence-electron chi connectivity index (χ1n) is 6.64. The third-order valence-electron chi connectivity index (χ3n) is 3.88. The molecule has 3 N–H and O–H groups in total. The first kappa shape index (κ1) is 13.1. The minimum Gasteiger partial charge on any atom is -0.368 e. The molecule has 1 aromatic heterocycles. The van der Waals surface area contributed by atoms with E-state index >= 15 is 0 Å². The number of rotatable bonds is 5. The van der Waals surface area contributed by atoms with E-state index in [9.17, 15) is 0 Å². The minimum atomic E-state index is 0.196. The molecule has 0 unspecified atom stereocenters. The summed E-state index contributed by atoms with van der Waals surface area (Å²) in [6.07, 6.45) is 2.33. The van der Waals surface area contributed by atoms with Crippen molar-refractivity contribution in [1.29, 1.82) is 0 Å². The molecule has 0 radical (unpaired) electrons. The summed E-state index contributed by atoms with van der Waals surface area (Å²) in [6.45, 7) is 9.74. The van der Waals surface area contributed by atoms with Gasteiger partial charge in [0.05, 0.1) is 0 Å². The molecular weight excluding hydrogens is 226 g/mol. The lowest BCUT2D eigenvalue weighted by molar-refractivity contribution is 0.269. The fraction of sp³-hybridized carbons (Fsp3) is 0.769. The van der Waals surface area contributed by atoms with Gasteiger partial charge in [0.15, 0.2) is 0 Å². The summed E-state index contributed by atoms with van der Waals surface area (Å²) in [5.74, 6) is 2.85. The molecule has 18 heavy (non-hydrogen) atoms. The predicted octanol–water partition coefficient (Wildman–Crippen LogP) is 2.43. The second-order valence-electron chi connectivity index (χ2n) is 6.15. The normalized spacial score (nSPS) is 16.1. The van der Waals surface area contributed by atoms with Crippen LogP contribution in [0.2, 0.25) is 0 Å². The van der Waals surface area contributed by atoms with Crippen LogP contribution in [0, 0.1) is 11.3 Å². The number of nitrogens with zero attached hydrogens (tertiary/aromatic N) is 3. The van der Waals surface area contributed by atoms with Crippen LogP contribution in [0.5, 0.6) is 0 Å². The third-order valence-corrected chi connectivity index (χ3v) is 3.88. The average molecular weight is 249 g/mol. The maximum Gasteiger partial charge on any atom is 0.227 e. The van der Waals surface area contributed by atoms with Gasteiger partial charge in [-0.05, 0) is 24.2 Å². The van der Waals surface area contributed by atoms with Gasteiger partial charge in [0.2, 0.25) is 11.9 Å². The van der Waals surface area contributed by atoms with Gasteiger partial charge >= 0.3 is 0 Å². The molecular formula is C13H23N5. The zero-order valence-corrected chi connectivity index (χ0v) is 11.7. The first-order chi connectivity index (χ1) is 8.38. The Balaban J connectivity index is 2.05. The van der Waals surface area contributed by atoms with E-state index in [2.05, 4.69) is 48.0 Å². The van der Waals surface area contributed by atoms with Crippen molar-refractivity contribution in [3.63, 3.8) is 0 Å². The Morgan fingerprint density at radius 2 is 1.94 bits per heavy atom. The second-order valence-corrected chi connectivity index (χ2v) is 6.15. The molecule has 5 heteroatoms. The van der Waals surface area contributed by atoms with E-state index < -0.39 is 0 Å². The third kappa shape index (κ3) is 3.09. The van der Waals surface area contributed by atoms with Crippen LogP contribution in [0.25, 0.3) is 0 Å². The van der Waals surface area contributed by atoms with Gasteiger partial charge in [0.25, 0.3) is 0 Å². The van der Waals surface area contributed by atoms with Crippen molar-refractivity contribution >= 4 is 11.9 Å². The van der Waals surface area contributed by atoms with E-state index in [1.165, 1.54) is 12.8 Å². The van der Waals surface area contributed by atoms with Gasteiger partial charge in [-0.1, -0.05) is 27.7 Å². The van der Waals surface area contributed by atoms with Crippen LogP contribution >= 0.6 is 0 Å². The molecule has 0 amide bonds. The van der Waals surface area contributed by atoms with E-state index in [0.29, 0.717) is 23.7 Å². The molecule has 1 aliphatic rings. The molecule has 1 heterocycles. The molecule has 100 valence electrons. The molecule has 0 saturated heterocycles. The van der Waals surface area contributed by atoms with Crippen molar-refractivity contribution in [2.75, 3.05) is 17.6 Å². The van der Waals surface area contributed by atoms with Crippen LogP contribution in [0.15, 0.2) is 0 Å². The van der Waals surface area contributed by atoms with Crippen LogP contribution in [0.3, 0.4) is 0 Å². The maximum atomic E-state index is 5.72. The van der Waals surface area contributed by atoms with Crippen LogP contribution in [0.4, 0.5) is 11.9 Å². The Kier molecular flexibility index (Phi) is 3.41. The van der Waals surface area contributed by atoms with Gasteiger partial charge in [-0.3, -0.25) is 0 Å². The van der Waals surface area contributed by atoms with Gasteiger partial charge in [0.1, 0.15) is 5.82 Å². The Bertz CT molecular complexity index is 423. The zero-order valence-electron chi connectivity index (χ0n) is 11.7. The second kappa shape index (κ2) is 4.71. The SMILES string of the molecule is CC(C)C(C)(C)CNc1nc(N)nc(C2CC2)n1. The molecule has 1 fully saturated rings. The summed E-state index contributed by atoms with van der Waals surface area (Å²) in [7, 11) is 0. The van der Waals surface area contributed by atoms with Gasteiger partial charge < -0.3 is 11.1 Å². The summed E-state index contributed by atoms with van der Waals surface area (Å²) >= 11 is 0. The summed E-state index contributed by atoms with van der Waals surface area (Å²) in [6, 6.07) is 0. The molecule has 0 aliphatic heterocycles. The van der Waals surface area contributed by atoms with Crippen molar-refractivity contribution in [3.8, 4) is 0 Å². The van der Waals surface area contributed by atoms with E-state index in [1.807, 2.05) is 0 Å². The van der Waals surface area contributed by atoms with E-state index in [-0.39, 0.29) is 5.41 Å². The molecule has 1 aliphatic carbocycles. The number of nitrogen functional groups attached to an aromatic ring is 1. The number of aromatic nitrogens is 3. The van der Waals surface area contributed by atoms with E-state index in [4.69, 9.17) is 5.73 Å². The highest BCUT2D eigenvalue weighted by Crippen LogP contribution is 2.38. The smallest absolute Gasteiger partial charge is 0.227 e. The molecule has 1 aromatic rings. The average Bonchev–Trinajstić information content (AvgIpc) is 3.09. The predicted molar refractivity (Wildman–Crippen MR) is 73.3 cm³/mol. The van der Waals surface area contributed by atoms with Gasteiger partial charge in [-0.2, -0.15) is 15.0 Å². The van der Waals surface area contributed by atoms with Gasteiger partial charge in [-0.15, -0.1) is 0 Å². The van der Waals surface area contributed by atoms with Crippen LogP contribution < -0.4 is 11.1 Å². The molecule has 0 atom stereocenters. The van der Waals surface area contributed by atoms with E-state index in [1.54, 1.807) is 0 Å². The van der Waals surface area contributed by atoms with Crippen molar-refractivity contribution in [2.24, 2.45) is 11.3 Å². The first-order valence-corrected chi connectivity index (χ1v) is 6.64. The van der Waals surface area contributed by atoms with Crippen molar-refractivity contribution in [3.05, 3.63) is 5.82 Å². The van der Waals surface area contributed by atoms with Crippen molar-refractivity contribution in [1.82, 2.24) is 15.0 Å². The largest absolute Gasteiger partial charge is 0.368 e. The monoisotopic (exact) mass is 249 g/mol. The Labute approximate surface area is 109 Å². The van der Waals surface area contributed by atoms with E-state index in [0.717, 1.165) is 12.4 Å². The Morgan fingerprint density at radius 3 is 2.50 bits per heavy atom. The van der Waals surface area contributed by atoms with Crippen molar-refractivity contribution in [2.45, 2.75) is 46.5 Å². The summed E-state index contributed by atoms with van der Waals surface area (Å²) in [5, 5.41) is 3.29. The van der Waals surface area contributed by atoms with Crippen LogP contribution in [-0.4, -0.2) is 21.5 Å². The van der Waals surface area contributed by atoms with Crippen LogP contribution in [0.1, 0.15) is 52.3 Å². The maximum absolute atomic E-state index is 5.72. The molecule has 1 saturated carbocycles. The molecule has 5 nitrogen and oxygen atoms in total. The summed E-state index contributed by atoms with van der Waals surface area (Å²) < 4.78 is 0. The fourth-order valence-corrected chi connectivity index (χ4v) is 1.52. The number of hydrogen-bond acceptors (Lipinski definition) is 5. The highest BCUT2D eigenvalue weighted by atomic mass is 15.2. The van der Waals surface area contributed by atoms with Gasteiger partial charge in [-0.25, -0.2) is 0 Å². The zero-order chi connectivity index (χ0) is 13.3. The number of nitrogens with two attached hydrogens (primary N) is 1. The van der Waals surface area contributed by atoms with Gasteiger partial charge in [0, 0.05) is 12.5 Å². The molecule has 2 rings (SSSR count). The molecule has 0 spiro atoms. The highest BCUT2D eigenvalue weighted by molar-refractivity contribution is 5.32. The molecule has 0 bridgehead atoms. The van der Waals surface area contributed by atoms with Crippen LogP contribution in [-0.2, 0) is 0 Å². The lowest BCUT2D eigenvalue weighted by Gasteiger charge is -2.29. The lowest BCUT2D eigenvalue weighted by Crippen LogP contribution is -2.29.